The van der Waals surface area contributed by atoms with Gasteiger partial charge in [0, 0.05) is 30.8 Å². The maximum absolute atomic E-state index is 12.8. The number of hydrogen-bond donors (Lipinski definition) is 3. The highest BCUT2D eigenvalue weighted by molar-refractivity contribution is 6.30. The Balaban J connectivity index is 2.19. The van der Waals surface area contributed by atoms with E-state index in [1.165, 1.54) is 11.9 Å². The van der Waals surface area contributed by atoms with Gasteiger partial charge in [0.2, 0.25) is 5.91 Å². The van der Waals surface area contributed by atoms with Gasteiger partial charge >= 0.3 is 6.03 Å². The molecule has 3 N–H and O–H groups in total. The van der Waals surface area contributed by atoms with Crippen LogP contribution < -0.4 is 10.8 Å². The van der Waals surface area contributed by atoms with Gasteiger partial charge in [0.1, 0.15) is 12.3 Å². The number of amides is 5. The first-order valence-corrected chi connectivity index (χ1v) is 11.2. The normalized spacial score (nSPS) is 17.0. The Morgan fingerprint density at radius 1 is 1.18 bits per heavy atom. The van der Waals surface area contributed by atoms with Crippen LogP contribution in [0.2, 0.25) is 5.02 Å². The lowest BCUT2D eigenvalue weighted by molar-refractivity contribution is -0.137. The summed E-state index contributed by atoms with van der Waals surface area (Å²) >= 11 is 5.88. The molecule has 0 unspecified atom stereocenters. The summed E-state index contributed by atoms with van der Waals surface area (Å²) in [7, 11) is 1.50. The molecule has 2 rings (SSSR count). The zero-order valence-corrected chi connectivity index (χ0v) is 20.4. The van der Waals surface area contributed by atoms with E-state index in [0.717, 1.165) is 4.90 Å². The molecular formula is C22H31ClN4O7. The van der Waals surface area contributed by atoms with Gasteiger partial charge in [0.15, 0.2) is 0 Å². The Kier molecular flexibility index (Phi) is 9.80. The number of urea groups is 1. The maximum atomic E-state index is 12.8. The van der Waals surface area contributed by atoms with Crippen LogP contribution >= 0.6 is 11.6 Å². The summed E-state index contributed by atoms with van der Waals surface area (Å²) in [6.45, 7) is 5.12. The number of ether oxygens (including phenoxy) is 2. The molecule has 1 fully saturated rings. The van der Waals surface area contributed by atoms with Crippen molar-refractivity contribution in [2.24, 2.45) is 5.92 Å². The van der Waals surface area contributed by atoms with Crippen molar-refractivity contribution in [3.05, 3.63) is 34.9 Å². The number of benzene rings is 1. The Labute approximate surface area is 203 Å². The molecule has 34 heavy (non-hydrogen) atoms. The smallest absolute Gasteiger partial charge is 0.327 e. The Morgan fingerprint density at radius 2 is 1.82 bits per heavy atom. The molecule has 1 saturated heterocycles. The number of carbonyl (C=O) groups is 4. The average molecular weight is 499 g/mol. The Hall–Kier alpha value is -2.73. The molecule has 5 amide bonds. The molecule has 12 heteroatoms. The predicted octanol–water partition coefficient (Wildman–Crippen LogP) is 1.63. The SMILES string of the molecule is CCOCOC[C@H](C[C@H](CN1C(=O)N(C)C(C)(C)C1=O)C(=O)NO)NC(=O)c1ccc(Cl)cc1. The van der Waals surface area contributed by atoms with E-state index in [1.807, 2.05) is 0 Å². The number of imide groups is 1. The molecule has 0 aromatic heterocycles. The van der Waals surface area contributed by atoms with E-state index in [1.54, 1.807) is 50.5 Å². The minimum absolute atomic E-state index is 0.0121. The van der Waals surface area contributed by atoms with Crippen molar-refractivity contribution < 1.29 is 33.9 Å². The van der Waals surface area contributed by atoms with E-state index in [4.69, 9.17) is 21.1 Å². The molecule has 2 atom stereocenters. The van der Waals surface area contributed by atoms with Gasteiger partial charge in [-0.2, -0.15) is 0 Å². The van der Waals surface area contributed by atoms with Gasteiger partial charge in [-0.25, -0.2) is 10.3 Å². The van der Waals surface area contributed by atoms with Crippen LogP contribution in [0.1, 0.15) is 37.6 Å². The van der Waals surface area contributed by atoms with E-state index in [-0.39, 0.29) is 26.4 Å². The van der Waals surface area contributed by atoms with Gasteiger partial charge < -0.3 is 19.7 Å². The van der Waals surface area contributed by atoms with Crippen LogP contribution in [0, 0.1) is 5.92 Å². The molecule has 1 heterocycles. The average Bonchev–Trinajstić information content (AvgIpc) is 2.95. The van der Waals surface area contributed by atoms with Crippen molar-refractivity contribution in [2.75, 3.05) is 33.6 Å². The van der Waals surface area contributed by atoms with Crippen molar-refractivity contribution in [1.29, 1.82) is 0 Å². The van der Waals surface area contributed by atoms with Crippen LogP contribution in [0.25, 0.3) is 0 Å². The van der Waals surface area contributed by atoms with Crippen molar-refractivity contribution in [3.63, 3.8) is 0 Å². The minimum atomic E-state index is -1.07. The molecule has 0 radical (unpaired) electrons. The molecule has 1 aromatic carbocycles. The van der Waals surface area contributed by atoms with Crippen molar-refractivity contribution in [2.45, 2.75) is 38.8 Å². The number of nitrogens with zero attached hydrogens (tertiary/aromatic N) is 2. The number of rotatable bonds is 12. The zero-order valence-electron chi connectivity index (χ0n) is 19.7. The van der Waals surface area contributed by atoms with Crippen molar-refractivity contribution >= 4 is 35.4 Å². The quantitative estimate of drug-likeness (QED) is 0.131. The Bertz CT molecular complexity index is 894. The van der Waals surface area contributed by atoms with Gasteiger partial charge in [-0.3, -0.25) is 24.5 Å². The van der Waals surface area contributed by atoms with E-state index < -0.39 is 41.3 Å². The largest absolute Gasteiger partial charge is 0.356 e. The van der Waals surface area contributed by atoms with Gasteiger partial charge in [-0.15, -0.1) is 0 Å². The number of nitrogens with one attached hydrogen (secondary N) is 2. The van der Waals surface area contributed by atoms with Gasteiger partial charge in [0.05, 0.1) is 18.6 Å². The van der Waals surface area contributed by atoms with Crippen molar-refractivity contribution in [1.82, 2.24) is 20.6 Å². The summed E-state index contributed by atoms with van der Waals surface area (Å²) in [5.41, 5.74) is 0.853. The maximum Gasteiger partial charge on any atom is 0.327 e. The molecule has 11 nitrogen and oxygen atoms in total. The van der Waals surface area contributed by atoms with Crippen LogP contribution in [0.15, 0.2) is 24.3 Å². The fraction of sp³-hybridized carbons (Fsp3) is 0.545. The molecule has 0 bridgehead atoms. The lowest BCUT2D eigenvalue weighted by Gasteiger charge is -2.26. The third-order valence-electron chi connectivity index (χ3n) is 5.71. The number of hydrogen-bond acceptors (Lipinski definition) is 7. The first-order valence-electron chi connectivity index (χ1n) is 10.8. The molecule has 1 aliphatic heterocycles. The van der Waals surface area contributed by atoms with Crippen LogP contribution in [0.4, 0.5) is 4.79 Å². The first-order chi connectivity index (χ1) is 16.0. The van der Waals surface area contributed by atoms with Gasteiger partial charge in [0.25, 0.3) is 11.8 Å². The summed E-state index contributed by atoms with van der Waals surface area (Å²) in [6.07, 6.45) is -0.0287. The number of likely N-dealkylation sites (N-methyl/N-ethyl adjacent to an activating group) is 1. The van der Waals surface area contributed by atoms with E-state index >= 15 is 0 Å². The third-order valence-corrected chi connectivity index (χ3v) is 5.96. The van der Waals surface area contributed by atoms with Crippen LogP contribution in [0.3, 0.4) is 0 Å². The van der Waals surface area contributed by atoms with E-state index in [0.29, 0.717) is 17.2 Å². The summed E-state index contributed by atoms with van der Waals surface area (Å²) in [5, 5.41) is 12.5. The fourth-order valence-electron chi connectivity index (χ4n) is 3.43. The highest BCUT2D eigenvalue weighted by Crippen LogP contribution is 2.27. The van der Waals surface area contributed by atoms with Crippen LogP contribution in [-0.2, 0) is 19.1 Å². The highest BCUT2D eigenvalue weighted by atomic mass is 35.5. The summed E-state index contributed by atoms with van der Waals surface area (Å²) in [5.74, 6) is -2.72. The summed E-state index contributed by atoms with van der Waals surface area (Å²) in [6, 6.07) is 4.98. The summed E-state index contributed by atoms with van der Waals surface area (Å²) < 4.78 is 10.6. The van der Waals surface area contributed by atoms with Crippen LogP contribution in [-0.4, -0.2) is 83.9 Å². The lowest BCUT2D eigenvalue weighted by atomic mass is 9.97. The van der Waals surface area contributed by atoms with Gasteiger partial charge in [-0.05, 0) is 51.5 Å². The molecule has 1 aliphatic rings. The predicted molar refractivity (Wildman–Crippen MR) is 122 cm³/mol. The van der Waals surface area contributed by atoms with Crippen LogP contribution in [0.5, 0.6) is 0 Å². The minimum Gasteiger partial charge on any atom is -0.356 e. The second kappa shape index (κ2) is 12.1. The number of halogens is 1. The standard InChI is InChI=1S/C22H31ClN4O7/c1-5-33-13-34-12-17(24-18(28)14-6-8-16(23)9-7-14)10-15(19(29)25-32)11-27-20(30)22(2,3)26(4)21(27)31/h6-9,15,17,32H,5,10-13H2,1-4H3,(H,24,28)(H,25,29)/t15-,17+/m1/s1. The van der Waals surface area contributed by atoms with Gasteiger partial charge in [-0.1, -0.05) is 11.6 Å². The number of hydroxylamine groups is 1. The Morgan fingerprint density at radius 3 is 2.35 bits per heavy atom. The molecule has 0 spiro atoms. The summed E-state index contributed by atoms with van der Waals surface area (Å²) in [4.78, 5) is 52.8. The second-order valence-corrected chi connectivity index (χ2v) is 8.82. The zero-order chi connectivity index (χ0) is 25.5. The lowest BCUT2D eigenvalue weighted by Crippen LogP contribution is -2.47. The third kappa shape index (κ3) is 6.66. The topological polar surface area (TPSA) is 138 Å². The monoisotopic (exact) mass is 498 g/mol. The fourth-order valence-corrected chi connectivity index (χ4v) is 3.56. The molecular weight excluding hydrogens is 468 g/mol. The molecule has 188 valence electrons. The van der Waals surface area contributed by atoms with E-state index in [2.05, 4.69) is 5.32 Å². The van der Waals surface area contributed by atoms with Crippen molar-refractivity contribution in [3.8, 4) is 0 Å². The molecule has 0 aliphatic carbocycles. The molecule has 1 aromatic rings. The first kappa shape index (κ1) is 27.5. The highest BCUT2D eigenvalue weighted by Gasteiger charge is 2.50. The van der Waals surface area contributed by atoms with E-state index in [9.17, 15) is 24.4 Å². The number of carbonyl (C=O) groups excluding carboxylic acids is 4. The molecule has 0 saturated carbocycles. The second-order valence-electron chi connectivity index (χ2n) is 8.38.